The molecule has 0 aliphatic heterocycles. The quantitative estimate of drug-likeness (QED) is 0.375. The summed E-state index contributed by atoms with van der Waals surface area (Å²) in [7, 11) is 1.76. The van der Waals surface area contributed by atoms with Crippen LogP contribution in [0.3, 0.4) is 0 Å². The molecule has 38 valence electrons. The van der Waals surface area contributed by atoms with Gasteiger partial charge < -0.3 is 17.1 Å². The Bertz CT molecular complexity index is 38.7. The van der Waals surface area contributed by atoms with Crippen molar-refractivity contribution in [3.05, 3.63) is 0 Å². The molecule has 0 aromatic carbocycles. The van der Waals surface area contributed by atoms with Gasteiger partial charge in [-0.1, -0.05) is 0 Å². The van der Waals surface area contributed by atoms with E-state index in [1.54, 1.807) is 7.11 Å². The highest BCUT2D eigenvalue weighted by atomic mass is 35.5. The Kier molecular flexibility index (Phi) is 2.53. The predicted molar refractivity (Wildman–Crippen MR) is 21.1 cm³/mol. The van der Waals surface area contributed by atoms with Crippen molar-refractivity contribution in [3.63, 3.8) is 0 Å². The van der Waals surface area contributed by atoms with E-state index in [9.17, 15) is 0 Å². The maximum Gasteiger partial charge on any atom is 1.00 e. The molecule has 1 aliphatic carbocycles. The lowest BCUT2D eigenvalue weighted by Gasteiger charge is -1.80. The molecule has 0 amide bonds. The first kappa shape index (κ1) is 6.25. The minimum absolute atomic E-state index is 0. The second kappa shape index (κ2) is 2.43. The minimum Gasteiger partial charge on any atom is -1.00 e. The fourth-order valence-electron chi connectivity index (χ4n) is 0.304. The normalized spacial score (nSPS) is 19.5. The smallest absolute Gasteiger partial charge is 1.00 e. The molecular weight excluding hydrogens is 99.5 g/mol. The summed E-state index contributed by atoms with van der Waals surface area (Å²) in [6, 6.07) is 0. The summed E-state index contributed by atoms with van der Waals surface area (Å²) in [6.07, 6.45) is 3.21. The number of rotatable bonds is 1. The van der Waals surface area contributed by atoms with E-state index in [0.29, 0.717) is 6.10 Å². The van der Waals surface area contributed by atoms with Gasteiger partial charge >= 0.3 is 1.43 Å². The zero-order valence-electron chi connectivity index (χ0n) is 4.78. The van der Waals surface area contributed by atoms with Gasteiger partial charge in [0.25, 0.3) is 0 Å². The molecular formula is C4H9ClO. The summed E-state index contributed by atoms with van der Waals surface area (Å²) in [4.78, 5) is 0. The summed E-state index contributed by atoms with van der Waals surface area (Å²) < 4.78 is 4.86. The maximum absolute atomic E-state index is 4.86. The third-order valence-corrected chi connectivity index (χ3v) is 0.858. The molecule has 0 aromatic heterocycles. The van der Waals surface area contributed by atoms with E-state index in [-0.39, 0.29) is 13.8 Å². The number of hydrogen-bond acceptors (Lipinski definition) is 1. The highest BCUT2D eigenvalue weighted by molar-refractivity contribution is 4.71. The molecule has 1 nitrogen and oxygen atoms in total. The molecule has 0 saturated heterocycles. The molecule has 1 aliphatic rings. The topological polar surface area (TPSA) is 9.23 Å². The maximum atomic E-state index is 4.86. The molecule has 0 N–H and O–H groups in total. The molecule has 0 aromatic rings. The number of halogens is 1. The van der Waals surface area contributed by atoms with E-state index in [1.807, 2.05) is 0 Å². The Hall–Kier alpha value is 0.250. The number of hydrogen-bond donors (Lipinski definition) is 0. The Morgan fingerprint density at radius 1 is 1.67 bits per heavy atom. The Morgan fingerprint density at radius 2 is 2.17 bits per heavy atom. The van der Waals surface area contributed by atoms with Crippen LogP contribution in [0, 0.1) is 0 Å². The van der Waals surface area contributed by atoms with E-state index >= 15 is 0 Å². The van der Waals surface area contributed by atoms with Crippen LogP contribution in [0.2, 0.25) is 0 Å². The predicted octanol–water partition coefficient (Wildman–Crippen LogP) is -2.09. The summed E-state index contributed by atoms with van der Waals surface area (Å²) in [5.41, 5.74) is 0. The highest BCUT2D eigenvalue weighted by Gasteiger charge is 2.19. The van der Waals surface area contributed by atoms with Crippen LogP contribution in [0.15, 0.2) is 0 Å². The van der Waals surface area contributed by atoms with Crippen molar-refractivity contribution in [1.82, 2.24) is 0 Å². The van der Waals surface area contributed by atoms with Crippen LogP contribution in [0.1, 0.15) is 14.3 Å². The number of methoxy groups -OCH3 is 1. The van der Waals surface area contributed by atoms with Gasteiger partial charge in [-0.15, -0.1) is 0 Å². The lowest BCUT2D eigenvalue weighted by atomic mass is 10.9. The summed E-state index contributed by atoms with van der Waals surface area (Å²) in [5.74, 6) is 0. The van der Waals surface area contributed by atoms with E-state index < -0.39 is 0 Å². The first-order valence-electron chi connectivity index (χ1n) is 1.96. The standard InChI is InChI=1S/C4H8O.ClH/c1-5-4-2-3-4;/h4H,2-3H2,1H3;1H. The molecule has 0 atom stereocenters. The monoisotopic (exact) mass is 108 g/mol. The van der Waals surface area contributed by atoms with E-state index in [4.69, 9.17) is 4.74 Å². The van der Waals surface area contributed by atoms with Crippen LogP contribution in [-0.2, 0) is 4.74 Å². The van der Waals surface area contributed by atoms with E-state index in [0.717, 1.165) is 0 Å². The summed E-state index contributed by atoms with van der Waals surface area (Å²) >= 11 is 0. The van der Waals surface area contributed by atoms with Crippen LogP contribution in [-0.4, -0.2) is 13.2 Å². The highest BCUT2D eigenvalue weighted by Crippen LogP contribution is 2.21. The zero-order chi connectivity index (χ0) is 3.70. The fraction of sp³-hybridized carbons (Fsp3) is 1.00. The Morgan fingerprint density at radius 3 is 2.17 bits per heavy atom. The molecule has 0 bridgehead atoms. The van der Waals surface area contributed by atoms with Gasteiger partial charge in [0.2, 0.25) is 0 Å². The van der Waals surface area contributed by atoms with Crippen molar-refractivity contribution in [3.8, 4) is 0 Å². The Labute approximate surface area is 45.6 Å². The van der Waals surface area contributed by atoms with Gasteiger partial charge in [-0.3, -0.25) is 0 Å². The van der Waals surface area contributed by atoms with Gasteiger partial charge in [0.1, 0.15) is 0 Å². The van der Waals surface area contributed by atoms with Crippen molar-refractivity contribution in [1.29, 1.82) is 0 Å². The molecule has 6 heavy (non-hydrogen) atoms. The second-order valence-corrected chi connectivity index (χ2v) is 1.44. The lowest BCUT2D eigenvalue weighted by Crippen LogP contribution is -3.00. The van der Waals surface area contributed by atoms with Gasteiger partial charge in [-0.2, -0.15) is 0 Å². The van der Waals surface area contributed by atoms with E-state index in [2.05, 4.69) is 0 Å². The van der Waals surface area contributed by atoms with Gasteiger partial charge in [0.15, 0.2) is 0 Å². The second-order valence-electron chi connectivity index (χ2n) is 1.44. The van der Waals surface area contributed by atoms with Crippen LogP contribution < -0.4 is 12.4 Å². The third kappa shape index (κ3) is 1.63. The van der Waals surface area contributed by atoms with Crippen molar-refractivity contribution in [2.24, 2.45) is 0 Å². The van der Waals surface area contributed by atoms with Crippen LogP contribution >= 0.6 is 0 Å². The minimum atomic E-state index is 0. The number of ether oxygens (including phenoxy) is 1. The third-order valence-electron chi connectivity index (χ3n) is 0.858. The van der Waals surface area contributed by atoms with Crippen LogP contribution in [0.5, 0.6) is 0 Å². The fourth-order valence-corrected chi connectivity index (χ4v) is 0.304. The lowest BCUT2D eigenvalue weighted by molar-refractivity contribution is -0.00000176. The molecule has 1 saturated carbocycles. The zero-order valence-corrected chi connectivity index (χ0v) is 4.53. The van der Waals surface area contributed by atoms with Crippen molar-refractivity contribution >= 4 is 0 Å². The molecule has 0 unspecified atom stereocenters. The first-order chi connectivity index (χ1) is 2.43. The van der Waals surface area contributed by atoms with Crippen molar-refractivity contribution in [2.45, 2.75) is 18.9 Å². The largest absolute Gasteiger partial charge is 1.00 e. The van der Waals surface area contributed by atoms with Crippen molar-refractivity contribution < 1.29 is 18.6 Å². The molecule has 0 spiro atoms. The SMILES string of the molecule is COC1CC1.[Cl-].[H+]. The average Bonchev–Trinajstić information content (AvgIpc) is 2.12. The molecule has 2 heteroatoms. The first-order valence-corrected chi connectivity index (χ1v) is 1.96. The van der Waals surface area contributed by atoms with Crippen LogP contribution in [0.25, 0.3) is 0 Å². The Balaban J connectivity index is 0. The molecule has 0 heterocycles. The van der Waals surface area contributed by atoms with Crippen LogP contribution in [0.4, 0.5) is 0 Å². The molecule has 1 rings (SSSR count). The van der Waals surface area contributed by atoms with Gasteiger partial charge in [0.05, 0.1) is 6.10 Å². The summed E-state index contributed by atoms with van der Waals surface area (Å²) in [6.45, 7) is 0. The van der Waals surface area contributed by atoms with E-state index in [1.165, 1.54) is 12.8 Å². The van der Waals surface area contributed by atoms with Gasteiger partial charge in [0, 0.05) is 7.11 Å². The molecule has 1 fully saturated rings. The molecule has 0 radical (unpaired) electrons. The summed E-state index contributed by atoms with van der Waals surface area (Å²) in [5, 5.41) is 0. The van der Waals surface area contributed by atoms with Gasteiger partial charge in [-0.25, -0.2) is 0 Å². The average molecular weight is 109 g/mol. The van der Waals surface area contributed by atoms with Gasteiger partial charge in [-0.05, 0) is 12.8 Å². The van der Waals surface area contributed by atoms with Crippen molar-refractivity contribution in [2.75, 3.05) is 7.11 Å².